The predicted molar refractivity (Wildman–Crippen MR) is 85.3 cm³/mol. The van der Waals surface area contributed by atoms with Crippen LogP contribution >= 0.6 is 24.0 Å². The number of nitrogens with zero attached hydrogens (tertiary/aromatic N) is 2. The molecule has 0 radical (unpaired) electrons. The monoisotopic (exact) mass is 292 g/mol. The first-order valence-corrected chi connectivity index (χ1v) is 7.40. The number of rotatable bonds is 4. The molecule has 0 unspecified atom stereocenters. The topological polar surface area (TPSA) is 55.9 Å². The summed E-state index contributed by atoms with van der Waals surface area (Å²) < 4.78 is 1.77. The SMILES string of the molecule is CSc1cccc(Nc2cn(C)nc2C)c1C(N)=S. The zero-order valence-electron chi connectivity index (χ0n) is 11.1. The maximum atomic E-state index is 5.85. The molecular weight excluding hydrogens is 276 g/mol. The van der Waals surface area contributed by atoms with E-state index in [4.69, 9.17) is 18.0 Å². The van der Waals surface area contributed by atoms with Gasteiger partial charge in [-0.1, -0.05) is 18.3 Å². The van der Waals surface area contributed by atoms with Gasteiger partial charge in [0.05, 0.1) is 11.4 Å². The second kappa shape index (κ2) is 5.63. The van der Waals surface area contributed by atoms with Crippen LogP contribution < -0.4 is 11.1 Å². The van der Waals surface area contributed by atoms with Crippen molar-refractivity contribution in [1.82, 2.24) is 9.78 Å². The third-order valence-electron chi connectivity index (χ3n) is 2.78. The molecule has 0 aliphatic carbocycles. The number of thioether (sulfide) groups is 1. The summed E-state index contributed by atoms with van der Waals surface area (Å²) in [6.45, 7) is 1.96. The van der Waals surface area contributed by atoms with Gasteiger partial charge in [0.15, 0.2) is 0 Å². The molecule has 0 spiro atoms. The van der Waals surface area contributed by atoms with Crippen molar-refractivity contribution in [2.24, 2.45) is 12.8 Å². The quantitative estimate of drug-likeness (QED) is 0.670. The van der Waals surface area contributed by atoms with Crippen molar-refractivity contribution in [3.05, 3.63) is 35.7 Å². The van der Waals surface area contributed by atoms with Crippen LogP contribution in [0.1, 0.15) is 11.3 Å². The molecule has 0 bridgehead atoms. The molecule has 6 heteroatoms. The van der Waals surface area contributed by atoms with Gasteiger partial charge in [0.1, 0.15) is 4.99 Å². The first kappa shape index (κ1) is 13.9. The van der Waals surface area contributed by atoms with Gasteiger partial charge in [0.25, 0.3) is 0 Å². The molecule has 1 heterocycles. The Hall–Kier alpha value is -1.53. The molecule has 0 aliphatic heterocycles. The predicted octanol–water partition coefficient (Wildman–Crippen LogP) is 2.83. The fraction of sp³-hybridized carbons (Fsp3) is 0.231. The Morgan fingerprint density at radius 1 is 1.42 bits per heavy atom. The molecule has 1 aromatic carbocycles. The molecule has 0 saturated heterocycles. The maximum Gasteiger partial charge on any atom is 0.107 e. The molecule has 4 nitrogen and oxygen atoms in total. The van der Waals surface area contributed by atoms with Crippen molar-refractivity contribution in [3.8, 4) is 0 Å². The zero-order valence-corrected chi connectivity index (χ0v) is 12.7. The first-order valence-electron chi connectivity index (χ1n) is 5.77. The van der Waals surface area contributed by atoms with Crippen LogP contribution in [0.2, 0.25) is 0 Å². The minimum atomic E-state index is 0.397. The first-order chi connectivity index (χ1) is 9.02. The molecule has 3 N–H and O–H groups in total. The van der Waals surface area contributed by atoms with Crippen LogP contribution in [-0.2, 0) is 7.05 Å². The summed E-state index contributed by atoms with van der Waals surface area (Å²) in [7, 11) is 1.89. The van der Waals surface area contributed by atoms with Crippen LogP contribution in [0.4, 0.5) is 11.4 Å². The van der Waals surface area contributed by atoms with Gasteiger partial charge < -0.3 is 11.1 Å². The molecular formula is C13H16N4S2. The standard InChI is InChI=1S/C13H16N4S2/c1-8-10(7-17(2)16-8)15-9-5-4-6-11(19-3)12(9)13(14)18/h4-7,15H,1-3H3,(H2,14,18). The number of nitrogens with one attached hydrogen (secondary N) is 1. The van der Waals surface area contributed by atoms with Crippen molar-refractivity contribution in [3.63, 3.8) is 0 Å². The van der Waals surface area contributed by atoms with Gasteiger partial charge in [-0.25, -0.2) is 0 Å². The van der Waals surface area contributed by atoms with Crippen LogP contribution in [-0.4, -0.2) is 21.0 Å². The lowest BCUT2D eigenvalue weighted by Crippen LogP contribution is -2.13. The lowest BCUT2D eigenvalue weighted by atomic mass is 10.1. The Morgan fingerprint density at radius 3 is 2.68 bits per heavy atom. The highest BCUT2D eigenvalue weighted by Crippen LogP contribution is 2.29. The fourth-order valence-electron chi connectivity index (χ4n) is 1.93. The summed E-state index contributed by atoms with van der Waals surface area (Å²) in [6.07, 6.45) is 3.95. The van der Waals surface area contributed by atoms with Crippen molar-refractivity contribution in [2.75, 3.05) is 11.6 Å². The average molecular weight is 292 g/mol. The third-order valence-corrected chi connectivity index (χ3v) is 3.76. The Morgan fingerprint density at radius 2 is 2.16 bits per heavy atom. The number of aryl methyl sites for hydroxylation is 2. The van der Waals surface area contributed by atoms with Gasteiger partial charge in [-0.05, 0) is 25.3 Å². The molecule has 0 amide bonds. The largest absolute Gasteiger partial charge is 0.389 e. The second-order valence-corrected chi connectivity index (χ2v) is 5.46. The Balaban J connectivity index is 2.45. The van der Waals surface area contributed by atoms with Gasteiger partial charge in [-0.15, -0.1) is 11.8 Å². The van der Waals surface area contributed by atoms with E-state index in [0.717, 1.165) is 27.5 Å². The van der Waals surface area contributed by atoms with Crippen molar-refractivity contribution in [2.45, 2.75) is 11.8 Å². The Labute approximate surface area is 122 Å². The molecule has 0 atom stereocenters. The lowest BCUT2D eigenvalue weighted by Gasteiger charge is -2.13. The summed E-state index contributed by atoms with van der Waals surface area (Å²) in [4.78, 5) is 1.47. The minimum Gasteiger partial charge on any atom is -0.389 e. The summed E-state index contributed by atoms with van der Waals surface area (Å²) in [6, 6.07) is 5.97. The van der Waals surface area contributed by atoms with E-state index in [1.54, 1.807) is 16.4 Å². The van der Waals surface area contributed by atoms with Crippen molar-refractivity contribution < 1.29 is 0 Å². The highest BCUT2D eigenvalue weighted by Gasteiger charge is 2.12. The van der Waals surface area contributed by atoms with Gasteiger partial charge in [-0.3, -0.25) is 4.68 Å². The van der Waals surface area contributed by atoms with Gasteiger partial charge >= 0.3 is 0 Å². The minimum absolute atomic E-state index is 0.397. The van der Waals surface area contributed by atoms with Gasteiger partial charge in [0.2, 0.25) is 0 Å². The number of nitrogens with two attached hydrogens (primary N) is 1. The van der Waals surface area contributed by atoms with E-state index in [1.807, 2.05) is 44.6 Å². The van der Waals surface area contributed by atoms with Crippen molar-refractivity contribution >= 4 is 40.3 Å². The number of aromatic nitrogens is 2. The number of hydrogen-bond acceptors (Lipinski definition) is 4. The molecule has 0 aliphatic rings. The lowest BCUT2D eigenvalue weighted by molar-refractivity contribution is 0.756. The zero-order chi connectivity index (χ0) is 14.0. The maximum absolute atomic E-state index is 5.85. The molecule has 0 saturated carbocycles. The molecule has 19 heavy (non-hydrogen) atoms. The second-order valence-electron chi connectivity index (χ2n) is 4.17. The van der Waals surface area contributed by atoms with E-state index >= 15 is 0 Å². The molecule has 1 aromatic heterocycles. The van der Waals surface area contributed by atoms with Crippen molar-refractivity contribution in [1.29, 1.82) is 0 Å². The number of benzene rings is 1. The Kier molecular flexibility index (Phi) is 4.11. The molecule has 0 fully saturated rings. The van der Waals surface area contributed by atoms with Gasteiger partial charge in [0, 0.05) is 29.4 Å². The summed E-state index contributed by atoms with van der Waals surface area (Å²) >= 11 is 6.79. The summed E-state index contributed by atoms with van der Waals surface area (Å²) in [5.74, 6) is 0. The van der Waals surface area contributed by atoms with Crippen LogP contribution in [0, 0.1) is 6.92 Å². The van der Waals surface area contributed by atoms with E-state index in [9.17, 15) is 0 Å². The number of hydrogen-bond donors (Lipinski definition) is 2. The highest BCUT2D eigenvalue weighted by atomic mass is 32.2. The van der Waals surface area contributed by atoms with E-state index in [2.05, 4.69) is 10.4 Å². The van der Waals surface area contributed by atoms with E-state index in [1.165, 1.54) is 0 Å². The van der Waals surface area contributed by atoms with E-state index < -0.39 is 0 Å². The molecule has 2 aromatic rings. The van der Waals surface area contributed by atoms with Crippen LogP contribution in [0.5, 0.6) is 0 Å². The molecule has 100 valence electrons. The normalized spacial score (nSPS) is 10.5. The number of anilines is 2. The average Bonchev–Trinajstić information content (AvgIpc) is 2.67. The summed E-state index contributed by atoms with van der Waals surface area (Å²) in [5.41, 5.74) is 9.53. The highest BCUT2D eigenvalue weighted by molar-refractivity contribution is 7.98. The van der Waals surface area contributed by atoms with Crippen LogP contribution in [0.25, 0.3) is 0 Å². The Bertz CT molecular complexity index is 619. The summed E-state index contributed by atoms with van der Waals surface area (Å²) in [5, 5.41) is 7.66. The third kappa shape index (κ3) is 2.90. The molecule has 2 rings (SSSR count). The fourth-order valence-corrected chi connectivity index (χ4v) is 2.85. The van der Waals surface area contributed by atoms with Crippen LogP contribution in [0.15, 0.2) is 29.3 Å². The van der Waals surface area contributed by atoms with E-state index in [0.29, 0.717) is 4.99 Å². The van der Waals surface area contributed by atoms with Crippen LogP contribution in [0.3, 0.4) is 0 Å². The van der Waals surface area contributed by atoms with Gasteiger partial charge in [-0.2, -0.15) is 5.10 Å². The van der Waals surface area contributed by atoms with E-state index in [-0.39, 0.29) is 0 Å². The smallest absolute Gasteiger partial charge is 0.107 e. The number of thiocarbonyl (C=S) groups is 1.